The minimum atomic E-state index is -1.60. The van der Waals surface area contributed by atoms with E-state index < -0.39 is 49.4 Å². The van der Waals surface area contributed by atoms with Crippen molar-refractivity contribution < 1.29 is 32.3 Å². The van der Waals surface area contributed by atoms with Crippen LogP contribution in [-0.4, -0.2) is 44.6 Å². The van der Waals surface area contributed by atoms with Crippen molar-refractivity contribution >= 4 is 21.0 Å². The van der Waals surface area contributed by atoms with Gasteiger partial charge in [-0.05, 0) is 62.5 Å². The second-order valence-corrected chi connectivity index (χ2v) is 15.5. The molecule has 1 aromatic heterocycles. The highest BCUT2D eigenvalue weighted by Crippen LogP contribution is 2.37. The molecule has 0 bridgehead atoms. The van der Waals surface area contributed by atoms with E-state index in [1.54, 1.807) is 32.9 Å². The second-order valence-electron chi connectivity index (χ2n) is 13.2. The molecule has 1 atom stereocenters. The molecule has 2 amide bonds. The maximum atomic E-state index is 14.3. The molecule has 1 N–H and O–H groups in total. The summed E-state index contributed by atoms with van der Waals surface area (Å²) < 4.78 is 37.5. The number of carbonyl (C=O) groups excluding carboxylic acids is 2. The van der Waals surface area contributed by atoms with E-state index in [1.807, 2.05) is 64.2 Å². The lowest BCUT2D eigenvalue weighted by Gasteiger charge is -2.32. The van der Waals surface area contributed by atoms with Crippen molar-refractivity contribution in [3.05, 3.63) is 99.4 Å². The van der Waals surface area contributed by atoms with Crippen LogP contribution in [0.3, 0.4) is 0 Å². The highest BCUT2D eigenvalue weighted by molar-refractivity contribution is 6.48. The Bertz CT molecular complexity index is 1480. The van der Waals surface area contributed by atoms with Crippen molar-refractivity contribution in [3.8, 4) is 5.75 Å². The van der Waals surface area contributed by atoms with Crippen LogP contribution < -0.4 is 15.5 Å². The van der Waals surface area contributed by atoms with Gasteiger partial charge in [0, 0.05) is 25.7 Å². The number of benzene rings is 2. The predicted octanol–water partition coefficient (Wildman–Crippen LogP) is 6.61. The van der Waals surface area contributed by atoms with E-state index >= 15 is 0 Å². The number of nitrogens with zero attached hydrogens (tertiary/aromatic N) is 1. The molecular formula is C34H45FN2O7Si. The molecule has 0 aliphatic carbocycles. The lowest BCUT2D eigenvalue weighted by molar-refractivity contribution is 0.0497. The molecule has 3 aromatic rings. The molecule has 11 heteroatoms. The van der Waals surface area contributed by atoms with Crippen LogP contribution in [0.5, 0.6) is 5.75 Å². The molecule has 2 aromatic carbocycles. The Kier molecular flexibility index (Phi) is 12.1. The van der Waals surface area contributed by atoms with Crippen molar-refractivity contribution in [1.82, 2.24) is 10.2 Å². The first-order valence-corrected chi connectivity index (χ1v) is 17.8. The summed E-state index contributed by atoms with van der Waals surface area (Å²) in [6, 6.07) is 16.3. The maximum absolute atomic E-state index is 14.3. The van der Waals surface area contributed by atoms with Crippen LogP contribution in [-0.2, 0) is 22.3 Å². The normalized spacial score (nSPS) is 12.5. The highest BCUT2D eigenvalue weighted by atomic mass is 28.3. The topological polar surface area (TPSA) is 107 Å². The van der Waals surface area contributed by atoms with Gasteiger partial charge in [0.25, 0.3) is 5.91 Å². The quantitative estimate of drug-likeness (QED) is 0.222. The summed E-state index contributed by atoms with van der Waals surface area (Å²) in [5, 5.41) is 2.66. The molecule has 9 nitrogen and oxygen atoms in total. The number of halogens is 1. The summed E-state index contributed by atoms with van der Waals surface area (Å²) in [7, 11) is -1.60. The first-order chi connectivity index (χ1) is 21.0. The van der Waals surface area contributed by atoms with Crippen LogP contribution in [0.4, 0.5) is 9.18 Å². The third kappa shape index (κ3) is 11.2. The summed E-state index contributed by atoms with van der Waals surface area (Å²) in [6.07, 6.45) is -1.23. The van der Waals surface area contributed by atoms with Crippen LogP contribution in [0.1, 0.15) is 75.1 Å². The molecule has 1 heterocycles. The summed E-state index contributed by atoms with van der Waals surface area (Å²) in [5.74, 6) is -1.35. The predicted molar refractivity (Wildman–Crippen MR) is 173 cm³/mol. The average molecular weight is 641 g/mol. The fourth-order valence-electron chi connectivity index (χ4n) is 4.42. The van der Waals surface area contributed by atoms with E-state index in [4.69, 9.17) is 18.3 Å². The third-order valence-electron chi connectivity index (χ3n) is 6.42. The van der Waals surface area contributed by atoms with Crippen molar-refractivity contribution in [2.75, 3.05) is 13.1 Å². The second kappa shape index (κ2) is 15.4. The largest absolute Gasteiger partial charge is 0.481 e. The Balaban J connectivity index is 2.06. The summed E-state index contributed by atoms with van der Waals surface area (Å²) in [6.45, 7) is 15.3. The van der Waals surface area contributed by atoms with Gasteiger partial charge in [0.05, 0.1) is 0 Å². The third-order valence-corrected chi connectivity index (χ3v) is 7.24. The molecule has 0 saturated carbocycles. The van der Waals surface area contributed by atoms with Gasteiger partial charge in [-0.25, -0.2) is 9.18 Å². The lowest BCUT2D eigenvalue weighted by Crippen LogP contribution is -2.40. The number of alkyl carbamates (subject to hydrolysis) is 1. The highest BCUT2D eigenvalue weighted by Gasteiger charge is 2.34. The molecule has 0 radical (unpaired) electrons. The SMILES string of the molecule is C[SiH](C)OC(c1cc(=O)c(OCc2ccccc2)c(C(=O)N(CCNC(=O)OC(C)(C)C)Cc2ccc(F)cc2)o1)C(C)(C)C. The van der Waals surface area contributed by atoms with Crippen molar-refractivity contribution in [1.29, 1.82) is 0 Å². The van der Waals surface area contributed by atoms with Gasteiger partial charge in [-0.3, -0.25) is 9.59 Å². The van der Waals surface area contributed by atoms with Gasteiger partial charge in [-0.1, -0.05) is 63.2 Å². The van der Waals surface area contributed by atoms with Gasteiger partial charge < -0.3 is 28.5 Å². The van der Waals surface area contributed by atoms with Crippen LogP contribution in [0.15, 0.2) is 69.9 Å². The molecule has 0 aliphatic rings. The zero-order valence-corrected chi connectivity index (χ0v) is 28.6. The van der Waals surface area contributed by atoms with Gasteiger partial charge in [-0.15, -0.1) is 0 Å². The van der Waals surface area contributed by atoms with Crippen molar-refractivity contribution in [2.24, 2.45) is 5.41 Å². The Morgan fingerprint density at radius 1 is 0.978 bits per heavy atom. The van der Waals surface area contributed by atoms with Crippen LogP contribution >= 0.6 is 0 Å². The van der Waals surface area contributed by atoms with Gasteiger partial charge in [0.15, 0.2) is 9.04 Å². The van der Waals surface area contributed by atoms with Gasteiger partial charge in [0.1, 0.15) is 29.9 Å². The molecule has 1 unspecified atom stereocenters. The minimum absolute atomic E-state index is 0.0274. The van der Waals surface area contributed by atoms with E-state index in [0.29, 0.717) is 5.56 Å². The number of hydrogen-bond donors (Lipinski definition) is 1. The molecular weight excluding hydrogens is 595 g/mol. The summed E-state index contributed by atoms with van der Waals surface area (Å²) >= 11 is 0. The Morgan fingerprint density at radius 3 is 2.20 bits per heavy atom. The summed E-state index contributed by atoms with van der Waals surface area (Å²) in [5.41, 5.74) is -0.245. The first kappa shape index (κ1) is 35.5. The number of rotatable bonds is 12. The van der Waals surface area contributed by atoms with Gasteiger partial charge in [0.2, 0.25) is 16.9 Å². The van der Waals surface area contributed by atoms with E-state index in [2.05, 4.69) is 5.32 Å². The molecule has 0 spiro atoms. The Hall–Kier alpha value is -3.96. The number of hydrogen-bond acceptors (Lipinski definition) is 7. The monoisotopic (exact) mass is 640 g/mol. The first-order valence-electron chi connectivity index (χ1n) is 15.0. The van der Waals surface area contributed by atoms with E-state index in [9.17, 15) is 18.8 Å². The number of carbonyl (C=O) groups is 2. The number of amides is 2. The van der Waals surface area contributed by atoms with Crippen LogP contribution in [0.2, 0.25) is 13.1 Å². The zero-order chi connectivity index (χ0) is 33.4. The average Bonchev–Trinajstić information content (AvgIpc) is 2.94. The molecule has 45 heavy (non-hydrogen) atoms. The summed E-state index contributed by atoms with van der Waals surface area (Å²) in [4.78, 5) is 41.7. The Labute approximate surface area is 266 Å². The van der Waals surface area contributed by atoms with Crippen LogP contribution in [0.25, 0.3) is 0 Å². The molecule has 0 saturated heterocycles. The fraction of sp³-hybridized carbons (Fsp3) is 0.441. The van der Waals surface area contributed by atoms with E-state index in [-0.39, 0.29) is 43.5 Å². The number of nitrogens with one attached hydrogen (secondary N) is 1. The minimum Gasteiger partial charge on any atom is -0.481 e. The van der Waals surface area contributed by atoms with E-state index in [1.165, 1.54) is 23.1 Å². The molecule has 3 rings (SSSR count). The van der Waals surface area contributed by atoms with Gasteiger partial charge in [-0.2, -0.15) is 0 Å². The van der Waals surface area contributed by atoms with Crippen LogP contribution in [0, 0.1) is 11.2 Å². The maximum Gasteiger partial charge on any atom is 0.407 e. The molecule has 0 fully saturated rings. The number of ether oxygens (including phenoxy) is 2. The van der Waals surface area contributed by atoms with Crippen molar-refractivity contribution in [3.63, 3.8) is 0 Å². The smallest absolute Gasteiger partial charge is 0.407 e. The standard InChI is InChI=1S/C34H45FN2O7Si/c1-33(2,3)30(44-45(7)8)27-20-26(38)28(41-22-24-12-10-9-11-13-24)29(42-27)31(39)37(21-23-14-16-25(35)17-15-23)19-18-36-32(40)43-34(4,5)6/h9-17,20,30,45H,18-19,21-22H2,1-8H3,(H,36,40). The lowest BCUT2D eigenvalue weighted by atomic mass is 9.87. The van der Waals surface area contributed by atoms with Crippen molar-refractivity contribution in [2.45, 2.75) is 79.5 Å². The molecule has 244 valence electrons. The zero-order valence-electron chi connectivity index (χ0n) is 27.4. The van der Waals surface area contributed by atoms with Gasteiger partial charge >= 0.3 is 6.09 Å². The fourth-order valence-corrected chi connectivity index (χ4v) is 5.51. The van der Waals surface area contributed by atoms with E-state index in [0.717, 1.165) is 5.56 Å². The Morgan fingerprint density at radius 2 is 1.62 bits per heavy atom. The molecule has 0 aliphatic heterocycles.